The van der Waals surface area contributed by atoms with Crippen molar-refractivity contribution in [3.8, 4) is 0 Å². The molecule has 0 saturated carbocycles. The predicted octanol–water partition coefficient (Wildman–Crippen LogP) is -1.21. The van der Waals surface area contributed by atoms with Crippen LogP contribution in [0.4, 0.5) is 0 Å². The van der Waals surface area contributed by atoms with Crippen molar-refractivity contribution in [3.63, 3.8) is 0 Å². The Kier molecular flexibility index (Phi) is 5.52. The Morgan fingerprint density at radius 2 is 2.15 bits per heavy atom. The average molecular weight is 303 g/mol. The van der Waals surface area contributed by atoms with Crippen molar-refractivity contribution in [1.82, 2.24) is 19.4 Å². The van der Waals surface area contributed by atoms with Crippen LogP contribution in [0.2, 0.25) is 0 Å². The van der Waals surface area contributed by atoms with E-state index in [1.54, 1.807) is 4.90 Å². The summed E-state index contributed by atoms with van der Waals surface area (Å²) in [6.07, 6.45) is 1.37. The number of rotatable bonds is 2. The van der Waals surface area contributed by atoms with E-state index in [4.69, 9.17) is 0 Å². The first-order valence-electron chi connectivity index (χ1n) is 6.27. The largest absolute Gasteiger partial charge is 0.336 e. The Morgan fingerprint density at radius 3 is 2.80 bits per heavy atom. The molecule has 1 atom stereocenters. The van der Waals surface area contributed by atoms with Crippen molar-refractivity contribution in [2.45, 2.75) is 19.5 Å². The van der Waals surface area contributed by atoms with Crippen molar-refractivity contribution in [2.24, 2.45) is 7.05 Å². The fourth-order valence-electron chi connectivity index (χ4n) is 2.18. The molecule has 1 N–H and O–H groups in total. The molecule has 1 saturated heterocycles. The van der Waals surface area contributed by atoms with Gasteiger partial charge in [-0.15, -0.1) is 12.4 Å². The third-order valence-corrected chi connectivity index (χ3v) is 3.39. The van der Waals surface area contributed by atoms with E-state index in [1.165, 1.54) is 23.9 Å². The first-order chi connectivity index (χ1) is 9.00. The molecule has 0 bridgehead atoms. The molecule has 1 aromatic rings. The molecule has 1 amide bonds. The van der Waals surface area contributed by atoms with Gasteiger partial charge in [-0.05, 0) is 6.92 Å². The first kappa shape index (κ1) is 16.5. The Bertz CT molecular complexity index is 595. The fraction of sp³-hybridized carbons (Fsp3) is 0.583. The molecule has 0 unspecified atom stereocenters. The third kappa shape index (κ3) is 3.29. The highest BCUT2D eigenvalue weighted by Gasteiger charge is 2.23. The quantitative estimate of drug-likeness (QED) is 0.744. The molecule has 2 heterocycles. The molecular formula is C12H19ClN4O3. The summed E-state index contributed by atoms with van der Waals surface area (Å²) in [5.74, 6) is -0.102. The maximum absolute atomic E-state index is 12.2. The average Bonchev–Trinajstić information content (AvgIpc) is 2.40. The minimum absolute atomic E-state index is 0. The van der Waals surface area contributed by atoms with E-state index in [2.05, 4.69) is 5.32 Å². The molecule has 20 heavy (non-hydrogen) atoms. The number of hydrogen-bond donors (Lipinski definition) is 1. The van der Waals surface area contributed by atoms with Gasteiger partial charge in [-0.25, -0.2) is 4.79 Å². The van der Waals surface area contributed by atoms with Crippen LogP contribution in [0.15, 0.2) is 21.9 Å². The van der Waals surface area contributed by atoms with Crippen LogP contribution in [0.3, 0.4) is 0 Å². The maximum Gasteiger partial charge on any atom is 0.331 e. The fourth-order valence-corrected chi connectivity index (χ4v) is 2.18. The van der Waals surface area contributed by atoms with Gasteiger partial charge in [0.25, 0.3) is 5.56 Å². The van der Waals surface area contributed by atoms with Crippen LogP contribution in [-0.4, -0.2) is 45.6 Å². The molecule has 0 aliphatic carbocycles. The van der Waals surface area contributed by atoms with Crippen molar-refractivity contribution in [1.29, 1.82) is 0 Å². The third-order valence-electron chi connectivity index (χ3n) is 3.39. The van der Waals surface area contributed by atoms with Gasteiger partial charge in [0.1, 0.15) is 6.54 Å². The number of carbonyl (C=O) groups excluding carboxylic acids is 1. The topological polar surface area (TPSA) is 76.3 Å². The molecule has 112 valence electrons. The minimum atomic E-state index is -0.469. The van der Waals surface area contributed by atoms with Crippen LogP contribution in [0.25, 0.3) is 0 Å². The molecule has 0 spiro atoms. The van der Waals surface area contributed by atoms with Crippen LogP contribution in [-0.2, 0) is 18.4 Å². The van der Waals surface area contributed by atoms with Crippen LogP contribution in [0.5, 0.6) is 0 Å². The number of nitrogens with one attached hydrogen (secondary N) is 1. The summed E-state index contributed by atoms with van der Waals surface area (Å²) in [6.45, 7) is 4.09. The number of aromatic nitrogens is 2. The van der Waals surface area contributed by atoms with E-state index in [-0.39, 0.29) is 36.5 Å². The number of hydrogen-bond acceptors (Lipinski definition) is 4. The van der Waals surface area contributed by atoms with Crippen LogP contribution >= 0.6 is 12.4 Å². The summed E-state index contributed by atoms with van der Waals surface area (Å²) in [6, 6.07) is 1.40. The lowest BCUT2D eigenvalue weighted by Gasteiger charge is -2.34. The van der Waals surface area contributed by atoms with E-state index >= 15 is 0 Å². The summed E-state index contributed by atoms with van der Waals surface area (Å²) < 4.78 is 2.26. The molecule has 1 aromatic heterocycles. The number of piperazine rings is 1. The van der Waals surface area contributed by atoms with E-state index in [0.717, 1.165) is 17.7 Å². The Labute approximate surface area is 122 Å². The van der Waals surface area contributed by atoms with Crippen molar-refractivity contribution in [3.05, 3.63) is 33.1 Å². The number of carbonyl (C=O) groups is 1. The molecular weight excluding hydrogens is 284 g/mol. The molecule has 1 aliphatic heterocycles. The second-order valence-electron chi connectivity index (χ2n) is 4.76. The van der Waals surface area contributed by atoms with Crippen LogP contribution in [0, 0.1) is 0 Å². The molecule has 0 aromatic carbocycles. The van der Waals surface area contributed by atoms with Gasteiger partial charge in [0.2, 0.25) is 5.91 Å². The van der Waals surface area contributed by atoms with Gasteiger partial charge in [0, 0.05) is 45.0 Å². The molecule has 7 nitrogen and oxygen atoms in total. The highest BCUT2D eigenvalue weighted by atomic mass is 35.5. The van der Waals surface area contributed by atoms with Crippen LogP contribution < -0.4 is 16.6 Å². The predicted molar refractivity (Wildman–Crippen MR) is 77.2 cm³/mol. The lowest BCUT2D eigenvalue weighted by Crippen LogP contribution is -2.53. The standard InChI is InChI=1S/C12H18N4O3.ClH/c1-9-7-13-4-6-16(9)11(18)8-15-5-3-10(17)14(2)12(15)19;/h3,5,9,13H,4,6-8H2,1-2H3;1H/t9-;/m1./s1. The van der Waals surface area contributed by atoms with Crippen molar-refractivity contribution < 1.29 is 4.79 Å². The Hall–Kier alpha value is -1.60. The number of halogens is 1. The summed E-state index contributed by atoms with van der Waals surface area (Å²) in [5.41, 5.74) is -0.840. The van der Waals surface area contributed by atoms with E-state index in [0.29, 0.717) is 6.54 Å². The van der Waals surface area contributed by atoms with E-state index < -0.39 is 5.69 Å². The second-order valence-corrected chi connectivity index (χ2v) is 4.76. The normalized spacial score (nSPS) is 18.5. The zero-order valence-electron chi connectivity index (χ0n) is 11.5. The lowest BCUT2D eigenvalue weighted by atomic mass is 10.2. The summed E-state index contributed by atoms with van der Waals surface area (Å²) in [5, 5.41) is 3.20. The highest BCUT2D eigenvalue weighted by Crippen LogP contribution is 2.03. The van der Waals surface area contributed by atoms with Gasteiger partial charge < -0.3 is 10.2 Å². The van der Waals surface area contributed by atoms with Crippen LogP contribution in [0.1, 0.15) is 6.92 Å². The Balaban J connectivity index is 0.00000200. The van der Waals surface area contributed by atoms with Gasteiger partial charge in [0.05, 0.1) is 0 Å². The van der Waals surface area contributed by atoms with Gasteiger partial charge in [-0.1, -0.05) is 0 Å². The van der Waals surface area contributed by atoms with E-state index in [9.17, 15) is 14.4 Å². The van der Waals surface area contributed by atoms with Crippen molar-refractivity contribution in [2.75, 3.05) is 19.6 Å². The highest BCUT2D eigenvalue weighted by molar-refractivity contribution is 5.85. The zero-order chi connectivity index (χ0) is 14.0. The molecule has 1 aliphatic rings. The molecule has 1 fully saturated rings. The van der Waals surface area contributed by atoms with Gasteiger partial charge in [-0.3, -0.25) is 18.7 Å². The maximum atomic E-state index is 12.2. The smallest absolute Gasteiger partial charge is 0.331 e. The summed E-state index contributed by atoms with van der Waals surface area (Å²) in [4.78, 5) is 37.0. The molecule has 8 heteroatoms. The monoisotopic (exact) mass is 302 g/mol. The number of amides is 1. The Morgan fingerprint density at radius 1 is 1.45 bits per heavy atom. The first-order valence-corrected chi connectivity index (χ1v) is 6.27. The lowest BCUT2D eigenvalue weighted by molar-refractivity contribution is -0.134. The van der Waals surface area contributed by atoms with E-state index in [1.807, 2.05) is 6.92 Å². The SMILES string of the molecule is C[C@@H]1CNCCN1C(=O)Cn1ccc(=O)n(C)c1=O.Cl. The van der Waals surface area contributed by atoms with Gasteiger partial charge in [-0.2, -0.15) is 0 Å². The van der Waals surface area contributed by atoms with Crippen molar-refractivity contribution >= 4 is 18.3 Å². The zero-order valence-corrected chi connectivity index (χ0v) is 12.4. The van der Waals surface area contributed by atoms with Gasteiger partial charge >= 0.3 is 5.69 Å². The second kappa shape index (κ2) is 6.71. The molecule has 2 rings (SSSR count). The van der Waals surface area contributed by atoms with Gasteiger partial charge in [0.15, 0.2) is 0 Å². The minimum Gasteiger partial charge on any atom is -0.336 e. The summed E-state index contributed by atoms with van der Waals surface area (Å²) >= 11 is 0. The number of nitrogens with zero attached hydrogens (tertiary/aromatic N) is 3. The summed E-state index contributed by atoms with van der Waals surface area (Å²) in [7, 11) is 1.40. The molecule has 0 radical (unpaired) electrons.